The third-order valence-corrected chi connectivity index (χ3v) is 4.93. The van der Waals surface area contributed by atoms with E-state index in [1.807, 2.05) is 4.13 Å². The van der Waals surface area contributed by atoms with Gasteiger partial charge in [-0.3, -0.25) is 0 Å². The number of benzene rings is 1. The van der Waals surface area contributed by atoms with Crippen LogP contribution in [-0.2, 0) is 20.0 Å². The monoisotopic (exact) mass is 337 g/mol. The fraction of sp³-hybridized carbons (Fsp3) is 0.111. The summed E-state index contributed by atoms with van der Waals surface area (Å²) in [5.41, 5.74) is -5.25. The van der Waals surface area contributed by atoms with Crippen LogP contribution in [0.1, 0.15) is 5.56 Å². The van der Waals surface area contributed by atoms with Gasteiger partial charge in [0.1, 0.15) is 10.0 Å². The van der Waals surface area contributed by atoms with E-state index in [2.05, 4.69) is 6.58 Å². The van der Waals surface area contributed by atoms with Crippen molar-refractivity contribution in [1.29, 1.82) is 0 Å². The zero-order chi connectivity index (χ0) is 14.9. The Bertz CT molecular complexity index is 681. The summed E-state index contributed by atoms with van der Waals surface area (Å²) in [5.74, 6) is 0. The molecule has 106 valence electrons. The van der Waals surface area contributed by atoms with Crippen LogP contribution in [0, 0.1) is 0 Å². The van der Waals surface area contributed by atoms with E-state index >= 15 is 0 Å². The smallest absolute Gasteiger partial charge is 0.424 e. The predicted molar refractivity (Wildman–Crippen MR) is 62.1 cm³/mol. The third kappa shape index (κ3) is 4.57. The largest absolute Gasteiger partial charge is 1.00 e. The van der Waals surface area contributed by atoms with Crippen molar-refractivity contribution in [3.63, 3.8) is 0 Å². The summed E-state index contributed by atoms with van der Waals surface area (Å²) in [6, 6.07) is 4.36. The molecule has 20 heavy (non-hydrogen) atoms. The van der Waals surface area contributed by atoms with Gasteiger partial charge in [-0.2, -0.15) is 13.2 Å². The van der Waals surface area contributed by atoms with Crippen molar-refractivity contribution in [3.05, 3.63) is 40.5 Å². The predicted octanol–water partition coefficient (Wildman–Crippen LogP) is -0.754. The summed E-state index contributed by atoms with van der Waals surface area (Å²) in [6.45, 7) is 3.40. The molecule has 0 fully saturated rings. The topological polar surface area (TPSA) is 82.4 Å². The van der Waals surface area contributed by atoms with E-state index in [-0.39, 0.29) is 29.6 Å². The first-order valence-electron chi connectivity index (χ1n) is 4.53. The molecule has 0 N–H and O–H groups in total. The van der Waals surface area contributed by atoms with E-state index < -0.39 is 30.5 Å². The molecule has 0 saturated heterocycles. The van der Waals surface area contributed by atoms with Crippen molar-refractivity contribution < 1.29 is 59.6 Å². The zero-order valence-electron chi connectivity index (χ0n) is 10.1. The summed E-state index contributed by atoms with van der Waals surface area (Å²) < 4.78 is 82.2. The second kappa shape index (κ2) is 6.58. The maximum atomic E-state index is 12.0. The first-order chi connectivity index (χ1) is 8.49. The molecule has 11 heteroatoms. The minimum absolute atomic E-state index is 0. The molecule has 0 unspecified atom stereocenters. The first-order valence-corrected chi connectivity index (χ1v) is 7.41. The van der Waals surface area contributed by atoms with Gasteiger partial charge in [-0.05, 0) is 17.7 Å². The average molecular weight is 337 g/mol. The molecule has 0 aromatic heterocycles. The molecule has 0 radical (unpaired) electrons. The SMILES string of the molecule is C=Cc1ccc(S(=O)(=O)[N-]S(=O)(=O)C(F)(F)F)cc1.[Na+]. The summed E-state index contributed by atoms with van der Waals surface area (Å²) in [4.78, 5) is -0.661. The van der Waals surface area contributed by atoms with Crippen molar-refractivity contribution >= 4 is 26.1 Å². The van der Waals surface area contributed by atoms with Gasteiger partial charge in [0, 0.05) is 4.90 Å². The molecule has 1 rings (SSSR count). The van der Waals surface area contributed by atoms with Crippen LogP contribution in [0.25, 0.3) is 10.2 Å². The molecule has 0 aliphatic rings. The van der Waals surface area contributed by atoms with E-state index in [0.717, 1.165) is 12.1 Å². The van der Waals surface area contributed by atoms with Crippen molar-refractivity contribution in [2.75, 3.05) is 0 Å². The molecule has 0 heterocycles. The third-order valence-electron chi connectivity index (χ3n) is 1.90. The molecule has 1 aromatic carbocycles. The molecule has 0 amide bonds. The average Bonchev–Trinajstić information content (AvgIpc) is 2.26. The normalized spacial score (nSPS) is 12.6. The van der Waals surface area contributed by atoms with Crippen molar-refractivity contribution in [3.8, 4) is 0 Å². The van der Waals surface area contributed by atoms with Crippen molar-refractivity contribution in [1.82, 2.24) is 0 Å². The molecule has 1 aromatic rings. The van der Waals surface area contributed by atoms with Crippen LogP contribution in [0.15, 0.2) is 35.7 Å². The van der Waals surface area contributed by atoms with Crippen LogP contribution in [0.2, 0.25) is 0 Å². The van der Waals surface area contributed by atoms with Crippen LogP contribution in [0.5, 0.6) is 0 Å². The molecular formula is C9H7F3NNaO4S2. The Morgan fingerprint density at radius 1 is 1.05 bits per heavy atom. The number of rotatable bonds is 4. The Morgan fingerprint density at radius 3 is 1.85 bits per heavy atom. The standard InChI is InChI=1S/C9H7F3NO4S2.Na/c1-2-7-3-5-8(6-4-7)18(14,15)13-19(16,17)9(10,11)12;/h2-6H,1H2;/q-1;+1. The fourth-order valence-electron chi connectivity index (χ4n) is 0.990. The molecule has 0 aliphatic heterocycles. The van der Waals surface area contributed by atoms with Crippen LogP contribution in [0.4, 0.5) is 13.2 Å². The Kier molecular flexibility index (Phi) is 6.45. The maximum Gasteiger partial charge on any atom is 1.00 e. The van der Waals surface area contributed by atoms with Gasteiger partial charge in [-0.1, -0.05) is 24.8 Å². The van der Waals surface area contributed by atoms with Gasteiger partial charge in [0.15, 0.2) is 10.0 Å². The Labute approximate surface area is 136 Å². The number of hydrogen-bond donors (Lipinski definition) is 0. The second-order valence-corrected chi connectivity index (χ2v) is 6.67. The van der Waals surface area contributed by atoms with E-state index in [9.17, 15) is 30.0 Å². The maximum absolute atomic E-state index is 12.0. The Hall–Kier alpha value is -0.390. The molecule has 5 nitrogen and oxygen atoms in total. The quantitative estimate of drug-likeness (QED) is 0.677. The van der Waals surface area contributed by atoms with E-state index in [1.54, 1.807) is 0 Å². The molecule has 0 atom stereocenters. The zero-order valence-corrected chi connectivity index (χ0v) is 13.8. The number of hydrogen-bond acceptors (Lipinski definition) is 4. The molecule has 0 bridgehead atoms. The van der Waals surface area contributed by atoms with E-state index in [1.165, 1.54) is 18.2 Å². The van der Waals surface area contributed by atoms with Gasteiger partial charge in [0.2, 0.25) is 0 Å². The number of sulfonamides is 2. The van der Waals surface area contributed by atoms with Gasteiger partial charge < -0.3 is 4.13 Å². The van der Waals surface area contributed by atoms with Crippen LogP contribution < -0.4 is 29.6 Å². The second-order valence-electron chi connectivity index (χ2n) is 3.24. The summed E-state index contributed by atoms with van der Waals surface area (Å²) >= 11 is 0. The Balaban J connectivity index is 0.00000361. The minimum Gasteiger partial charge on any atom is -0.424 e. The van der Waals surface area contributed by atoms with Gasteiger partial charge >= 0.3 is 35.1 Å². The van der Waals surface area contributed by atoms with Gasteiger partial charge in [0.05, 0.1) is 0 Å². The van der Waals surface area contributed by atoms with Crippen molar-refractivity contribution in [2.24, 2.45) is 0 Å². The van der Waals surface area contributed by atoms with Gasteiger partial charge in [-0.15, -0.1) is 0 Å². The van der Waals surface area contributed by atoms with Gasteiger partial charge in [-0.25, -0.2) is 16.8 Å². The van der Waals surface area contributed by atoms with Crippen LogP contribution in [-0.4, -0.2) is 22.3 Å². The van der Waals surface area contributed by atoms with Crippen LogP contribution >= 0.6 is 0 Å². The van der Waals surface area contributed by atoms with E-state index in [0.29, 0.717) is 5.56 Å². The number of alkyl halides is 3. The summed E-state index contributed by atoms with van der Waals surface area (Å²) in [5, 5.41) is 0. The summed E-state index contributed by atoms with van der Waals surface area (Å²) in [6.07, 6.45) is 1.37. The van der Waals surface area contributed by atoms with E-state index in [4.69, 9.17) is 0 Å². The van der Waals surface area contributed by atoms with Crippen molar-refractivity contribution in [2.45, 2.75) is 10.4 Å². The summed E-state index contributed by atoms with van der Waals surface area (Å²) in [7, 11) is -11.0. The molecule has 0 saturated carbocycles. The molecule has 0 spiro atoms. The fourth-order valence-corrected chi connectivity index (χ4v) is 3.19. The number of nitrogens with zero attached hydrogens (tertiary/aromatic N) is 1. The Morgan fingerprint density at radius 2 is 1.50 bits per heavy atom. The van der Waals surface area contributed by atoms with Crippen LogP contribution in [0.3, 0.4) is 0 Å². The molecule has 0 aliphatic carbocycles. The minimum atomic E-state index is -6.10. The van der Waals surface area contributed by atoms with Gasteiger partial charge in [0.25, 0.3) is 0 Å². The number of halogens is 3. The first kappa shape index (κ1) is 19.6. The molecular weight excluding hydrogens is 330 g/mol.